The Morgan fingerprint density at radius 3 is 2.89 bits per heavy atom. The predicted octanol–water partition coefficient (Wildman–Crippen LogP) is 0.806. The van der Waals surface area contributed by atoms with Crippen LogP contribution in [-0.2, 0) is 13.5 Å². The highest BCUT2D eigenvalue weighted by Gasteiger charge is 2.30. The number of rotatable bonds is 2. The summed E-state index contributed by atoms with van der Waals surface area (Å²) in [6.07, 6.45) is 2.62. The molecule has 0 unspecified atom stereocenters. The zero-order chi connectivity index (χ0) is 13.3. The van der Waals surface area contributed by atoms with Crippen LogP contribution in [0.15, 0.2) is 6.20 Å². The van der Waals surface area contributed by atoms with E-state index in [4.69, 9.17) is 0 Å². The van der Waals surface area contributed by atoms with Crippen LogP contribution in [0.4, 0.5) is 0 Å². The summed E-state index contributed by atoms with van der Waals surface area (Å²) in [6.45, 7) is 8.62. The lowest BCUT2D eigenvalue weighted by Crippen LogP contribution is -2.58. The van der Waals surface area contributed by atoms with E-state index in [0.717, 1.165) is 37.3 Å². The summed E-state index contributed by atoms with van der Waals surface area (Å²) in [5.74, 6) is 0.106. The first-order valence-corrected chi connectivity index (χ1v) is 6.50. The highest BCUT2D eigenvalue weighted by atomic mass is 16.2. The van der Waals surface area contributed by atoms with Crippen molar-refractivity contribution in [2.75, 3.05) is 19.6 Å². The zero-order valence-electron chi connectivity index (χ0n) is 11.7. The van der Waals surface area contributed by atoms with Crippen LogP contribution in [0, 0.1) is 0 Å². The van der Waals surface area contributed by atoms with E-state index in [9.17, 15) is 4.79 Å². The van der Waals surface area contributed by atoms with Gasteiger partial charge in [0, 0.05) is 38.4 Å². The summed E-state index contributed by atoms with van der Waals surface area (Å²) < 4.78 is 1.72. The molecule has 0 spiro atoms. The van der Waals surface area contributed by atoms with Crippen molar-refractivity contribution in [3.8, 4) is 0 Å². The van der Waals surface area contributed by atoms with Crippen LogP contribution in [0.2, 0.25) is 0 Å². The van der Waals surface area contributed by atoms with Crippen LogP contribution in [0.1, 0.15) is 36.8 Å². The molecule has 0 aliphatic carbocycles. The van der Waals surface area contributed by atoms with Gasteiger partial charge in [-0.15, -0.1) is 0 Å². The van der Waals surface area contributed by atoms with E-state index < -0.39 is 0 Å². The average Bonchev–Trinajstić information content (AvgIpc) is 2.68. The van der Waals surface area contributed by atoms with Crippen LogP contribution in [-0.4, -0.2) is 45.8 Å². The number of carbonyl (C=O) groups is 1. The molecule has 1 N–H and O–H groups in total. The minimum absolute atomic E-state index is 0.0114. The Kier molecular flexibility index (Phi) is 3.43. The smallest absolute Gasteiger partial charge is 0.257 e. The normalized spacial score (nSPS) is 19.0. The molecule has 2 rings (SSSR count). The summed E-state index contributed by atoms with van der Waals surface area (Å²) in [7, 11) is 1.86. The number of hydrogen-bond donors (Lipinski definition) is 1. The number of aryl methyl sites for hydroxylation is 2. The Hall–Kier alpha value is -1.36. The van der Waals surface area contributed by atoms with Crippen molar-refractivity contribution in [3.05, 3.63) is 17.5 Å². The van der Waals surface area contributed by atoms with Gasteiger partial charge in [0.2, 0.25) is 0 Å². The Bertz CT molecular complexity index is 450. The highest BCUT2D eigenvalue weighted by molar-refractivity contribution is 5.95. The molecular weight excluding hydrogens is 228 g/mol. The fourth-order valence-corrected chi connectivity index (χ4v) is 2.46. The Morgan fingerprint density at radius 1 is 1.56 bits per heavy atom. The van der Waals surface area contributed by atoms with E-state index >= 15 is 0 Å². The first-order chi connectivity index (χ1) is 8.43. The maximum Gasteiger partial charge on any atom is 0.257 e. The molecule has 0 saturated carbocycles. The third kappa shape index (κ3) is 2.56. The standard InChI is InChI=1S/C13H22N4O/c1-5-11-10(8-16(4)15-11)12(18)17-7-6-14-13(2,3)9-17/h8,14H,5-7,9H2,1-4H3. The molecule has 18 heavy (non-hydrogen) atoms. The molecule has 1 saturated heterocycles. The van der Waals surface area contributed by atoms with Gasteiger partial charge in [-0.05, 0) is 20.3 Å². The first kappa shape index (κ1) is 13.1. The highest BCUT2D eigenvalue weighted by Crippen LogP contribution is 2.16. The molecule has 1 amide bonds. The van der Waals surface area contributed by atoms with Gasteiger partial charge in [-0.2, -0.15) is 5.10 Å². The van der Waals surface area contributed by atoms with Crippen molar-refractivity contribution in [3.63, 3.8) is 0 Å². The van der Waals surface area contributed by atoms with E-state index in [0.29, 0.717) is 0 Å². The van der Waals surface area contributed by atoms with Crippen molar-refractivity contribution in [2.24, 2.45) is 7.05 Å². The molecule has 5 nitrogen and oxygen atoms in total. The fourth-order valence-electron chi connectivity index (χ4n) is 2.46. The maximum absolute atomic E-state index is 12.5. The monoisotopic (exact) mass is 250 g/mol. The summed E-state index contributed by atoms with van der Waals surface area (Å²) in [4.78, 5) is 14.4. The van der Waals surface area contributed by atoms with Gasteiger partial charge in [-0.3, -0.25) is 9.48 Å². The van der Waals surface area contributed by atoms with E-state index in [-0.39, 0.29) is 11.4 Å². The molecule has 0 atom stereocenters. The SMILES string of the molecule is CCc1nn(C)cc1C(=O)N1CCNC(C)(C)C1. The molecule has 1 aliphatic rings. The largest absolute Gasteiger partial charge is 0.335 e. The Labute approximate surface area is 108 Å². The number of piperazine rings is 1. The minimum Gasteiger partial charge on any atom is -0.335 e. The van der Waals surface area contributed by atoms with Crippen molar-refractivity contribution < 1.29 is 4.79 Å². The Balaban J connectivity index is 2.20. The second-order valence-corrected chi connectivity index (χ2v) is 5.55. The van der Waals surface area contributed by atoms with Gasteiger partial charge in [0.15, 0.2) is 0 Å². The molecule has 1 aliphatic heterocycles. The molecule has 1 aromatic heterocycles. The lowest BCUT2D eigenvalue weighted by atomic mass is 10.0. The summed E-state index contributed by atoms with van der Waals surface area (Å²) in [5, 5.41) is 7.75. The molecule has 0 bridgehead atoms. The quantitative estimate of drug-likeness (QED) is 0.845. The van der Waals surface area contributed by atoms with E-state index in [1.807, 2.05) is 25.1 Å². The summed E-state index contributed by atoms with van der Waals surface area (Å²) in [5.41, 5.74) is 1.62. The second-order valence-electron chi connectivity index (χ2n) is 5.55. The molecule has 100 valence electrons. The van der Waals surface area contributed by atoms with Gasteiger partial charge in [0.05, 0.1) is 11.3 Å². The zero-order valence-corrected chi connectivity index (χ0v) is 11.7. The van der Waals surface area contributed by atoms with Crippen LogP contribution >= 0.6 is 0 Å². The number of nitrogens with one attached hydrogen (secondary N) is 1. The second kappa shape index (κ2) is 4.72. The third-order valence-electron chi connectivity index (χ3n) is 3.33. The van der Waals surface area contributed by atoms with Crippen molar-refractivity contribution in [2.45, 2.75) is 32.7 Å². The van der Waals surface area contributed by atoms with Gasteiger partial charge in [-0.25, -0.2) is 0 Å². The topological polar surface area (TPSA) is 50.2 Å². The van der Waals surface area contributed by atoms with Gasteiger partial charge in [0.25, 0.3) is 5.91 Å². The van der Waals surface area contributed by atoms with Gasteiger partial charge < -0.3 is 10.2 Å². The van der Waals surface area contributed by atoms with Crippen LogP contribution in [0.5, 0.6) is 0 Å². The van der Waals surface area contributed by atoms with Crippen LogP contribution in [0.25, 0.3) is 0 Å². The third-order valence-corrected chi connectivity index (χ3v) is 3.33. The number of aromatic nitrogens is 2. The fraction of sp³-hybridized carbons (Fsp3) is 0.692. The van der Waals surface area contributed by atoms with E-state index in [1.165, 1.54) is 0 Å². The maximum atomic E-state index is 12.5. The van der Waals surface area contributed by atoms with E-state index in [2.05, 4.69) is 24.3 Å². The Morgan fingerprint density at radius 2 is 2.28 bits per heavy atom. The number of nitrogens with zero attached hydrogens (tertiary/aromatic N) is 3. The van der Waals surface area contributed by atoms with Gasteiger partial charge >= 0.3 is 0 Å². The van der Waals surface area contributed by atoms with Crippen LogP contribution < -0.4 is 5.32 Å². The molecule has 0 radical (unpaired) electrons. The molecule has 1 aromatic rings. The lowest BCUT2D eigenvalue weighted by Gasteiger charge is -2.39. The minimum atomic E-state index is -0.0114. The first-order valence-electron chi connectivity index (χ1n) is 6.50. The number of hydrogen-bond acceptors (Lipinski definition) is 3. The number of carbonyl (C=O) groups excluding carboxylic acids is 1. The van der Waals surface area contributed by atoms with Crippen molar-refractivity contribution >= 4 is 5.91 Å². The van der Waals surface area contributed by atoms with Crippen LogP contribution in [0.3, 0.4) is 0 Å². The number of amides is 1. The molecule has 5 heteroatoms. The molecule has 0 aromatic carbocycles. The van der Waals surface area contributed by atoms with Crippen molar-refractivity contribution in [1.29, 1.82) is 0 Å². The summed E-state index contributed by atoms with van der Waals surface area (Å²) >= 11 is 0. The van der Waals surface area contributed by atoms with E-state index in [1.54, 1.807) is 4.68 Å². The predicted molar refractivity (Wildman–Crippen MR) is 70.6 cm³/mol. The van der Waals surface area contributed by atoms with Gasteiger partial charge in [-0.1, -0.05) is 6.92 Å². The lowest BCUT2D eigenvalue weighted by molar-refractivity contribution is 0.0651. The molecule has 1 fully saturated rings. The summed E-state index contributed by atoms with van der Waals surface area (Å²) in [6, 6.07) is 0. The average molecular weight is 250 g/mol. The molecular formula is C13H22N4O. The van der Waals surface area contributed by atoms with Crippen molar-refractivity contribution in [1.82, 2.24) is 20.0 Å². The van der Waals surface area contributed by atoms with Gasteiger partial charge in [0.1, 0.15) is 0 Å². The molecule has 2 heterocycles.